The van der Waals surface area contributed by atoms with Crippen LogP contribution in [0.5, 0.6) is 0 Å². The zero-order chi connectivity index (χ0) is 21.4. The van der Waals surface area contributed by atoms with Gasteiger partial charge in [-0.3, -0.25) is 9.69 Å². The van der Waals surface area contributed by atoms with E-state index < -0.39 is 0 Å². The molecule has 0 radical (unpaired) electrons. The van der Waals surface area contributed by atoms with Crippen LogP contribution in [0.25, 0.3) is 0 Å². The van der Waals surface area contributed by atoms with Crippen molar-refractivity contribution in [3.63, 3.8) is 0 Å². The highest BCUT2D eigenvalue weighted by atomic mass is 19.1. The van der Waals surface area contributed by atoms with Crippen LogP contribution in [-0.2, 0) is 14.3 Å². The van der Waals surface area contributed by atoms with Gasteiger partial charge in [0.15, 0.2) is 0 Å². The minimum absolute atomic E-state index is 0.00753. The fraction of sp³-hybridized carbons (Fsp3) is 0.720. The fourth-order valence-corrected chi connectivity index (χ4v) is 7.60. The molecule has 31 heavy (non-hydrogen) atoms. The van der Waals surface area contributed by atoms with Crippen LogP contribution in [0.3, 0.4) is 0 Å². The molecule has 3 saturated heterocycles. The predicted molar refractivity (Wildman–Crippen MR) is 115 cm³/mol. The number of hydrogen-bond acceptors (Lipinski definition) is 5. The summed E-state index contributed by atoms with van der Waals surface area (Å²) in [5.41, 5.74) is 0.771. The van der Waals surface area contributed by atoms with Crippen molar-refractivity contribution in [1.82, 2.24) is 4.90 Å². The number of carbonyl (C=O) groups excluding carboxylic acids is 1. The minimum Gasteiger partial charge on any atom is -0.462 e. The zero-order valence-corrected chi connectivity index (χ0v) is 18.6. The molecule has 3 heterocycles. The van der Waals surface area contributed by atoms with Crippen LogP contribution in [0.15, 0.2) is 24.3 Å². The molecule has 3 aliphatic heterocycles. The van der Waals surface area contributed by atoms with E-state index in [-0.39, 0.29) is 46.8 Å². The van der Waals surface area contributed by atoms with E-state index in [2.05, 4.69) is 23.6 Å². The minimum atomic E-state index is -0.166. The number of ether oxygens (including phenoxy) is 2. The average Bonchev–Trinajstić information content (AvgIpc) is 3.44. The van der Waals surface area contributed by atoms with Crippen LogP contribution in [-0.4, -0.2) is 61.4 Å². The summed E-state index contributed by atoms with van der Waals surface area (Å²) in [6.45, 7) is 8.65. The van der Waals surface area contributed by atoms with E-state index >= 15 is 0 Å². The van der Waals surface area contributed by atoms with Gasteiger partial charge in [-0.2, -0.15) is 0 Å². The van der Waals surface area contributed by atoms with Gasteiger partial charge < -0.3 is 14.4 Å². The van der Waals surface area contributed by atoms with Gasteiger partial charge in [-0.05, 0) is 37.3 Å². The van der Waals surface area contributed by atoms with Crippen molar-refractivity contribution < 1.29 is 18.7 Å². The van der Waals surface area contributed by atoms with Crippen LogP contribution in [0.2, 0.25) is 0 Å². The molecule has 5 aliphatic rings. The smallest absolute Gasteiger partial charge is 0.311 e. The van der Waals surface area contributed by atoms with Crippen molar-refractivity contribution in [1.29, 1.82) is 0 Å². The van der Waals surface area contributed by atoms with E-state index in [0.29, 0.717) is 11.6 Å². The van der Waals surface area contributed by atoms with E-state index in [4.69, 9.17) is 9.47 Å². The van der Waals surface area contributed by atoms with Gasteiger partial charge in [-0.25, -0.2) is 4.39 Å². The van der Waals surface area contributed by atoms with E-state index in [0.717, 1.165) is 39.1 Å². The molecule has 168 valence electrons. The number of epoxide rings is 1. The normalized spacial score (nSPS) is 44.3. The first-order valence-corrected chi connectivity index (χ1v) is 12.0. The predicted octanol–water partition coefficient (Wildman–Crippen LogP) is 3.47. The molecule has 1 spiro atoms. The van der Waals surface area contributed by atoms with Crippen LogP contribution in [0, 0.1) is 29.0 Å². The number of fused-ring (bicyclic) bond motifs is 2. The molecule has 7 unspecified atom stereocenters. The van der Waals surface area contributed by atoms with Gasteiger partial charge >= 0.3 is 5.97 Å². The number of rotatable bonds is 3. The second-order valence-electron chi connectivity index (χ2n) is 10.8. The Bertz CT molecular complexity index is 887. The lowest BCUT2D eigenvalue weighted by atomic mass is 9.53. The molecule has 0 amide bonds. The summed E-state index contributed by atoms with van der Waals surface area (Å²) in [5, 5.41) is 0. The average molecular weight is 429 g/mol. The number of benzene rings is 1. The molecule has 5 fully saturated rings. The Balaban J connectivity index is 1.15. The van der Waals surface area contributed by atoms with Gasteiger partial charge in [-0.1, -0.05) is 32.4 Å². The maximum absolute atomic E-state index is 14.2. The lowest BCUT2D eigenvalue weighted by Gasteiger charge is -2.49. The Morgan fingerprint density at radius 2 is 1.97 bits per heavy atom. The van der Waals surface area contributed by atoms with Gasteiger partial charge in [-0.15, -0.1) is 0 Å². The highest BCUT2D eigenvalue weighted by molar-refractivity contribution is 5.76. The van der Waals surface area contributed by atoms with Crippen molar-refractivity contribution in [2.45, 2.75) is 57.3 Å². The maximum Gasteiger partial charge on any atom is 0.311 e. The number of para-hydroxylation sites is 1. The van der Waals surface area contributed by atoms with Gasteiger partial charge in [0.25, 0.3) is 0 Å². The molecule has 7 atom stereocenters. The van der Waals surface area contributed by atoms with E-state index in [1.54, 1.807) is 6.07 Å². The molecule has 1 aromatic carbocycles. The van der Waals surface area contributed by atoms with E-state index in [9.17, 15) is 9.18 Å². The SMILES string of the molecule is CC1CCCC2(C)CC3OC(=O)C(CN4CCN(c5ccccc5F)CC4)C3C3OC132. The van der Waals surface area contributed by atoms with Crippen LogP contribution in [0.1, 0.15) is 39.5 Å². The molecule has 0 aromatic heterocycles. The molecule has 0 bridgehead atoms. The molecule has 1 aromatic rings. The summed E-state index contributed by atoms with van der Waals surface area (Å²) in [6.07, 6.45) is 4.77. The number of nitrogens with zero attached hydrogens (tertiary/aromatic N) is 2. The number of anilines is 1. The highest BCUT2D eigenvalue weighted by Gasteiger charge is 2.78. The van der Waals surface area contributed by atoms with Crippen molar-refractivity contribution in [3.8, 4) is 0 Å². The summed E-state index contributed by atoms with van der Waals surface area (Å²) >= 11 is 0. The van der Waals surface area contributed by atoms with E-state index in [1.807, 2.05) is 12.1 Å². The number of piperazine rings is 1. The second kappa shape index (κ2) is 6.92. The largest absolute Gasteiger partial charge is 0.462 e. The molecular weight excluding hydrogens is 395 g/mol. The number of hydrogen-bond donors (Lipinski definition) is 0. The van der Waals surface area contributed by atoms with Gasteiger partial charge in [0.1, 0.15) is 17.5 Å². The Labute approximate surface area is 183 Å². The van der Waals surface area contributed by atoms with Gasteiger partial charge in [0, 0.05) is 44.1 Å². The number of halogens is 1. The van der Waals surface area contributed by atoms with Crippen molar-refractivity contribution in [2.75, 3.05) is 37.6 Å². The maximum atomic E-state index is 14.2. The third-order valence-electron chi connectivity index (χ3n) is 9.21. The number of esters is 1. The highest BCUT2D eigenvalue weighted by Crippen LogP contribution is 2.70. The van der Waals surface area contributed by atoms with Gasteiger partial charge in [0.05, 0.1) is 17.7 Å². The first-order chi connectivity index (χ1) is 14.9. The molecule has 2 saturated carbocycles. The topological polar surface area (TPSA) is 45.3 Å². The van der Waals surface area contributed by atoms with Crippen LogP contribution in [0.4, 0.5) is 10.1 Å². The standard InChI is InChI=1S/C25H33FN2O3/c1-16-6-5-9-24(2)14-20-21(22-25(16,24)31-22)17(23(29)30-20)15-27-10-12-28(13-11-27)19-8-4-3-7-18(19)26/h3-4,7-8,16-17,20-22H,5-6,9-15H2,1-2H3. The summed E-state index contributed by atoms with van der Waals surface area (Å²) < 4.78 is 26.7. The summed E-state index contributed by atoms with van der Waals surface area (Å²) in [4.78, 5) is 17.4. The Hall–Kier alpha value is -1.66. The van der Waals surface area contributed by atoms with Crippen molar-refractivity contribution in [2.24, 2.45) is 23.2 Å². The monoisotopic (exact) mass is 428 g/mol. The Morgan fingerprint density at radius 1 is 1.19 bits per heavy atom. The number of carbonyl (C=O) groups is 1. The van der Waals surface area contributed by atoms with Crippen molar-refractivity contribution >= 4 is 11.7 Å². The summed E-state index contributed by atoms with van der Waals surface area (Å²) in [7, 11) is 0. The van der Waals surface area contributed by atoms with Crippen LogP contribution < -0.4 is 4.90 Å². The molecule has 6 rings (SSSR count). The van der Waals surface area contributed by atoms with Gasteiger partial charge in [0.2, 0.25) is 0 Å². The molecular formula is C25H33FN2O3. The van der Waals surface area contributed by atoms with Crippen molar-refractivity contribution in [3.05, 3.63) is 30.1 Å². The first kappa shape index (κ1) is 20.0. The van der Waals surface area contributed by atoms with E-state index in [1.165, 1.54) is 25.3 Å². The lowest BCUT2D eigenvalue weighted by molar-refractivity contribution is -0.146. The molecule has 2 aliphatic carbocycles. The first-order valence-electron chi connectivity index (χ1n) is 12.0. The zero-order valence-electron chi connectivity index (χ0n) is 18.6. The Kier molecular flexibility index (Phi) is 4.46. The lowest BCUT2D eigenvalue weighted by Crippen LogP contribution is -2.55. The fourth-order valence-electron chi connectivity index (χ4n) is 7.60. The summed E-state index contributed by atoms with van der Waals surface area (Å²) in [5.74, 6) is 0.435. The third-order valence-corrected chi connectivity index (χ3v) is 9.21. The molecule has 0 N–H and O–H groups in total. The third kappa shape index (κ3) is 2.83. The Morgan fingerprint density at radius 3 is 2.74 bits per heavy atom. The molecule has 5 nitrogen and oxygen atoms in total. The summed E-state index contributed by atoms with van der Waals surface area (Å²) in [6, 6.07) is 6.98. The molecule has 6 heteroatoms. The van der Waals surface area contributed by atoms with Crippen LogP contribution >= 0.6 is 0 Å². The quantitative estimate of drug-likeness (QED) is 0.545. The second-order valence-corrected chi connectivity index (χ2v) is 10.8.